The lowest BCUT2D eigenvalue weighted by atomic mass is 10.1. The van der Waals surface area contributed by atoms with Crippen molar-refractivity contribution in [1.29, 1.82) is 0 Å². The van der Waals surface area contributed by atoms with E-state index >= 15 is 0 Å². The number of carbonyl (C=O) groups is 1. The third kappa shape index (κ3) is 3.23. The lowest BCUT2D eigenvalue weighted by Crippen LogP contribution is -2.28. The quantitative estimate of drug-likeness (QED) is 0.804. The molecule has 1 aromatic carbocycles. The van der Waals surface area contributed by atoms with Crippen molar-refractivity contribution in [2.45, 2.75) is 19.4 Å². The summed E-state index contributed by atoms with van der Waals surface area (Å²) in [5.41, 5.74) is 2.68. The number of fused-ring (bicyclic) bond motifs is 1. The summed E-state index contributed by atoms with van der Waals surface area (Å²) in [4.78, 5) is 16.6. The molecule has 0 fully saturated rings. The van der Waals surface area contributed by atoms with Gasteiger partial charge in [0.05, 0.1) is 12.5 Å². The van der Waals surface area contributed by atoms with Crippen LogP contribution in [0.2, 0.25) is 0 Å². The highest BCUT2D eigenvalue weighted by Crippen LogP contribution is 2.19. The van der Waals surface area contributed by atoms with Crippen LogP contribution in [0.15, 0.2) is 48.8 Å². The van der Waals surface area contributed by atoms with Gasteiger partial charge in [-0.1, -0.05) is 12.1 Å². The summed E-state index contributed by atoms with van der Waals surface area (Å²) in [6.07, 6.45) is 3.96. The predicted molar refractivity (Wildman–Crippen MR) is 87.4 cm³/mol. The zero-order valence-corrected chi connectivity index (χ0v) is 13.1. The number of amides is 1. The van der Waals surface area contributed by atoms with E-state index < -0.39 is 0 Å². The van der Waals surface area contributed by atoms with Crippen molar-refractivity contribution in [3.05, 3.63) is 65.7 Å². The van der Waals surface area contributed by atoms with E-state index in [2.05, 4.69) is 10.3 Å². The van der Waals surface area contributed by atoms with Gasteiger partial charge in [0.1, 0.15) is 11.5 Å². The van der Waals surface area contributed by atoms with Crippen molar-refractivity contribution >= 4 is 16.9 Å². The van der Waals surface area contributed by atoms with Crippen LogP contribution < -0.4 is 5.32 Å². The molecule has 0 radical (unpaired) electrons. The highest BCUT2D eigenvalue weighted by molar-refractivity contribution is 5.87. The molecule has 3 aromatic rings. The maximum Gasteiger partial charge on any atom is 0.224 e. The summed E-state index contributed by atoms with van der Waals surface area (Å²) >= 11 is 0. The molecule has 0 saturated heterocycles. The number of aryl methyl sites for hydroxylation is 1. The average molecular weight is 311 g/mol. The molecule has 5 heteroatoms. The Balaban J connectivity index is 1.72. The molecule has 1 amide bonds. The van der Waals surface area contributed by atoms with E-state index in [-0.39, 0.29) is 24.2 Å². The van der Waals surface area contributed by atoms with Gasteiger partial charge in [-0.3, -0.25) is 4.79 Å². The zero-order chi connectivity index (χ0) is 16.4. The Morgan fingerprint density at radius 3 is 2.78 bits per heavy atom. The molecule has 0 aliphatic rings. The first-order valence-electron chi connectivity index (χ1n) is 7.48. The first kappa shape index (κ1) is 15.2. The Hall–Kier alpha value is -2.69. The second-order valence-corrected chi connectivity index (χ2v) is 5.66. The Bertz CT molecular complexity index is 839. The van der Waals surface area contributed by atoms with E-state index in [1.54, 1.807) is 18.3 Å². The van der Waals surface area contributed by atoms with E-state index in [0.29, 0.717) is 0 Å². The van der Waals surface area contributed by atoms with Crippen molar-refractivity contribution < 1.29 is 9.18 Å². The van der Waals surface area contributed by atoms with Crippen LogP contribution in [-0.4, -0.2) is 15.5 Å². The number of nitrogens with one attached hydrogen (secondary N) is 1. The van der Waals surface area contributed by atoms with Gasteiger partial charge in [0.2, 0.25) is 5.91 Å². The van der Waals surface area contributed by atoms with Gasteiger partial charge < -0.3 is 9.88 Å². The normalized spacial score (nSPS) is 12.3. The lowest BCUT2D eigenvalue weighted by molar-refractivity contribution is -0.121. The molecule has 1 unspecified atom stereocenters. The van der Waals surface area contributed by atoms with E-state index in [4.69, 9.17) is 0 Å². The molecule has 2 aromatic heterocycles. The molecule has 0 aliphatic carbocycles. The molecule has 1 atom stereocenters. The van der Waals surface area contributed by atoms with Crippen LogP contribution in [0.1, 0.15) is 24.1 Å². The minimum absolute atomic E-state index is 0.0711. The first-order valence-corrected chi connectivity index (χ1v) is 7.48. The van der Waals surface area contributed by atoms with Crippen molar-refractivity contribution in [3.8, 4) is 0 Å². The van der Waals surface area contributed by atoms with Gasteiger partial charge in [-0.2, -0.15) is 0 Å². The SMILES string of the molecule is CC(NC(=O)Cc1cn(C)c2ncccc12)c1ccc(F)cc1. The maximum absolute atomic E-state index is 13.0. The Labute approximate surface area is 134 Å². The number of rotatable bonds is 4. The van der Waals surface area contributed by atoms with Gasteiger partial charge in [-0.15, -0.1) is 0 Å². The van der Waals surface area contributed by atoms with Gasteiger partial charge in [0.25, 0.3) is 0 Å². The molecule has 4 nitrogen and oxygen atoms in total. The third-order valence-corrected chi connectivity index (χ3v) is 3.91. The Kier molecular flexibility index (Phi) is 4.10. The number of benzene rings is 1. The van der Waals surface area contributed by atoms with Crippen molar-refractivity contribution in [3.63, 3.8) is 0 Å². The molecule has 2 heterocycles. The smallest absolute Gasteiger partial charge is 0.224 e. The highest BCUT2D eigenvalue weighted by Gasteiger charge is 2.14. The molecular weight excluding hydrogens is 293 g/mol. The maximum atomic E-state index is 13.0. The lowest BCUT2D eigenvalue weighted by Gasteiger charge is -2.14. The van der Waals surface area contributed by atoms with E-state index in [1.807, 2.05) is 36.9 Å². The molecule has 3 rings (SSSR count). The molecular formula is C18H18FN3O. The summed E-state index contributed by atoms with van der Waals surface area (Å²) in [5.74, 6) is -0.353. The van der Waals surface area contributed by atoms with Crippen LogP contribution >= 0.6 is 0 Å². The molecule has 0 aliphatic heterocycles. The second-order valence-electron chi connectivity index (χ2n) is 5.66. The molecule has 0 saturated carbocycles. The van der Waals surface area contributed by atoms with Crippen molar-refractivity contribution in [2.75, 3.05) is 0 Å². The van der Waals surface area contributed by atoms with Crippen LogP contribution in [0.4, 0.5) is 4.39 Å². The van der Waals surface area contributed by atoms with Crippen LogP contribution in [0, 0.1) is 5.82 Å². The second kappa shape index (κ2) is 6.20. The number of aromatic nitrogens is 2. The predicted octanol–water partition coefficient (Wildman–Crippen LogP) is 3.13. The highest BCUT2D eigenvalue weighted by atomic mass is 19.1. The summed E-state index contributed by atoms with van der Waals surface area (Å²) < 4.78 is 14.9. The standard InChI is InChI=1S/C18H18FN3O/c1-12(13-5-7-15(19)8-6-13)21-17(23)10-14-11-22(2)18-16(14)4-3-9-20-18/h3-9,11-12H,10H2,1-2H3,(H,21,23). The fraction of sp³-hybridized carbons (Fsp3) is 0.222. The minimum Gasteiger partial charge on any atom is -0.349 e. The largest absolute Gasteiger partial charge is 0.349 e. The Morgan fingerprint density at radius 1 is 1.30 bits per heavy atom. The van der Waals surface area contributed by atoms with Gasteiger partial charge in [0.15, 0.2) is 0 Å². The van der Waals surface area contributed by atoms with Crippen molar-refractivity contribution in [1.82, 2.24) is 14.9 Å². The van der Waals surface area contributed by atoms with Crippen molar-refractivity contribution in [2.24, 2.45) is 7.05 Å². The number of hydrogen-bond acceptors (Lipinski definition) is 2. The van der Waals surface area contributed by atoms with Crippen LogP contribution in [0.3, 0.4) is 0 Å². The average Bonchev–Trinajstić information content (AvgIpc) is 2.84. The molecule has 0 bridgehead atoms. The van der Waals surface area contributed by atoms with Gasteiger partial charge in [0, 0.05) is 24.8 Å². The fourth-order valence-electron chi connectivity index (χ4n) is 2.73. The molecule has 1 N–H and O–H groups in total. The number of nitrogens with zero attached hydrogens (tertiary/aromatic N) is 2. The summed E-state index contributed by atoms with van der Waals surface area (Å²) in [6.45, 7) is 1.88. The van der Waals surface area contributed by atoms with Gasteiger partial charge in [-0.25, -0.2) is 9.37 Å². The fourth-order valence-corrected chi connectivity index (χ4v) is 2.73. The third-order valence-electron chi connectivity index (χ3n) is 3.91. The van der Waals surface area contributed by atoms with E-state index in [0.717, 1.165) is 22.2 Å². The molecule has 23 heavy (non-hydrogen) atoms. The van der Waals surface area contributed by atoms with Crippen LogP contribution in [-0.2, 0) is 18.3 Å². The number of carbonyl (C=O) groups excluding carboxylic acids is 1. The zero-order valence-electron chi connectivity index (χ0n) is 13.1. The van der Waals surface area contributed by atoms with E-state index in [9.17, 15) is 9.18 Å². The van der Waals surface area contributed by atoms with Gasteiger partial charge in [-0.05, 0) is 42.3 Å². The summed E-state index contributed by atoms with van der Waals surface area (Å²) in [6, 6.07) is 9.82. The number of halogens is 1. The number of hydrogen-bond donors (Lipinski definition) is 1. The van der Waals surface area contributed by atoms with Crippen LogP contribution in [0.5, 0.6) is 0 Å². The summed E-state index contributed by atoms with van der Waals surface area (Å²) in [5, 5.41) is 3.93. The van der Waals surface area contributed by atoms with Gasteiger partial charge >= 0.3 is 0 Å². The number of pyridine rings is 1. The minimum atomic E-state index is -0.282. The molecule has 118 valence electrons. The summed E-state index contributed by atoms with van der Waals surface area (Å²) in [7, 11) is 1.91. The van der Waals surface area contributed by atoms with E-state index in [1.165, 1.54) is 12.1 Å². The molecule has 0 spiro atoms. The first-order chi connectivity index (χ1) is 11.0. The monoisotopic (exact) mass is 311 g/mol. The topological polar surface area (TPSA) is 46.9 Å². The Morgan fingerprint density at radius 2 is 2.04 bits per heavy atom. The van der Waals surface area contributed by atoms with Crippen LogP contribution in [0.25, 0.3) is 11.0 Å².